The van der Waals surface area contributed by atoms with Gasteiger partial charge in [-0.3, -0.25) is 0 Å². The molecule has 1 aromatic heterocycles. The Hall–Kier alpha value is -0.380. The second-order valence-electron chi connectivity index (χ2n) is 3.57. The molecule has 1 aromatic rings. The first-order chi connectivity index (χ1) is 6.36. The zero-order valence-corrected chi connectivity index (χ0v) is 10.4. The lowest BCUT2D eigenvalue weighted by atomic mass is 9.96. The first-order valence-electron chi connectivity index (χ1n) is 4.86. The van der Waals surface area contributed by atoms with E-state index in [2.05, 4.69) is 15.3 Å². The van der Waals surface area contributed by atoms with Gasteiger partial charge in [0.25, 0.3) is 0 Å². The van der Waals surface area contributed by atoms with Crippen LogP contribution in [0, 0.1) is 6.92 Å². The number of aromatic nitrogens is 2. The lowest BCUT2D eigenvalue weighted by molar-refractivity contribution is 0.453. The fourth-order valence-corrected chi connectivity index (χ4v) is 1.81. The highest BCUT2D eigenvalue weighted by atomic mass is 35.5. The third-order valence-electron chi connectivity index (χ3n) is 2.51. The number of nitrogens with zero attached hydrogens (tertiary/aromatic N) is 2. The van der Waals surface area contributed by atoms with Crippen molar-refractivity contribution in [2.24, 2.45) is 0 Å². The zero-order chi connectivity index (χ0) is 9.10. The number of rotatable bonds is 1. The predicted octanol–water partition coefficient (Wildman–Crippen LogP) is 2.10. The molecule has 1 fully saturated rings. The molecule has 0 radical (unpaired) electrons. The fraction of sp³-hybridized carbons (Fsp3) is 0.600. The van der Waals surface area contributed by atoms with Crippen molar-refractivity contribution in [3.8, 4) is 0 Å². The standard InChI is InChI=1S/C10H15N3.2ClH/c1-8-12-6-4-10(13-8)9-3-2-5-11-7-9;;/h4,6,9,11H,2-3,5,7H2,1H3;2*1H. The van der Waals surface area contributed by atoms with Crippen molar-refractivity contribution in [2.75, 3.05) is 13.1 Å². The Bertz CT molecular complexity index is 288. The van der Waals surface area contributed by atoms with Crippen LogP contribution in [0.2, 0.25) is 0 Å². The van der Waals surface area contributed by atoms with Gasteiger partial charge in [-0.15, -0.1) is 24.8 Å². The molecular weight excluding hydrogens is 233 g/mol. The first-order valence-corrected chi connectivity index (χ1v) is 4.86. The Morgan fingerprint density at radius 2 is 2.20 bits per heavy atom. The van der Waals surface area contributed by atoms with E-state index < -0.39 is 0 Å². The van der Waals surface area contributed by atoms with Gasteiger partial charge in [0.15, 0.2) is 0 Å². The summed E-state index contributed by atoms with van der Waals surface area (Å²) in [5.74, 6) is 1.47. The van der Waals surface area contributed by atoms with E-state index in [9.17, 15) is 0 Å². The molecule has 1 aliphatic heterocycles. The summed E-state index contributed by atoms with van der Waals surface area (Å²) in [6.45, 7) is 4.16. The zero-order valence-electron chi connectivity index (χ0n) is 8.77. The quantitative estimate of drug-likeness (QED) is 0.829. The van der Waals surface area contributed by atoms with Crippen LogP contribution < -0.4 is 5.32 Å². The van der Waals surface area contributed by atoms with Crippen LogP contribution in [0.5, 0.6) is 0 Å². The van der Waals surface area contributed by atoms with Crippen molar-refractivity contribution in [2.45, 2.75) is 25.7 Å². The summed E-state index contributed by atoms with van der Waals surface area (Å²) in [6.07, 6.45) is 4.36. The van der Waals surface area contributed by atoms with E-state index in [1.54, 1.807) is 0 Å². The normalized spacial score (nSPS) is 19.9. The van der Waals surface area contributed by atoms with Gasteiger partial charge in [-0.05, 0) is 32.4 Å². The third kappa shape index (κ3) is 3.93. The summed E-state index contributed by atoms with van der Waals surface area (Å²) in [7, 11) is 0. The molecule has 1 saturated heterocycles. The van der Waals surface area contributed by atoms with Crippen molar-refractivity contribution in [3.05, 3.63) is 23.8 Å². The molecule has 1 atom stereocenters. The van der Waals surface area contributed by atoms with Crippen molar-refractivity contribution >= 4 is 24.8 Å². The van der Waals surface area contributed by atoms with E-state index in [0.29, 0.717) is 5.92 Å². The minimum Gasteiger partial charge on any atom is -0.316 e. The van der Waals surface area contributed by atoms with Crippen LogP contribution >= 0.6 is 24.8 Å². The Morgan fingerprint density at radius 3 is 2.80 bits per heavy atom. The number of hydrogen-bond donors (Lipinski definition) is 1. The van der Waals surface area contributed by atoms with E-state index >= 15 is 0 Å². The summed E-state index contributed by atoms with van der Waals surface area (Å²) < 4.78 is 0. The molecule has 1 N–H and O–H groups in total. The van der Waals surface area contributed by atoms with Gasteiger partial charge < -0.3 is 5.32 Å². The van der Waals surface area contributed by atoms with Crippen LogP contribution in [0.4, 0.5) is 0 Å². The number of piperidine rings is 1. The fourth-order valence-electron chi connectivity index (χ4n) is 1.81. The van der Waals surface area contributed by atoms with E-state index in [-0.39, 0.29) is 24.8 Å². The summed E-state index contributed by atoms with van der Waals surface area (Å²) in [5.41, 5.74) is 1.19. The van der Waals surface area contributed by atoms with Crippen LogP contribution in [0.15, 0.2) is 12.3 Å². The lowest BCUT2D eigenvalue weighted by Crippen LogP contribution is -2.28. The summed E-state index contributed by atoms with van der Waals surface area (Å²) in [5, 5.41) is 3.39. The molecule has 3 nitrogen and oxygen atoms in total. The molecule has 5 heteroatoms. The first kappa shape index (κ1) is 14.6. The van der Waals surface area contributed by atoms with Crippen LogP contribution in [-0.2, 0) is 0 Å². The highest BCUT2D eigenvalue weighted by Gasteiger charge is 2.15. The molecule has 2 rings (SSSR count). The second-order valence-corrected chi connectivity index (χ2v) is 3.57. The van der Waals surface area contributed by atoms with E-state index in [1.807, 2.05) is 19.2 Å². The molecule has 1 unspecified atom stereocenters. The molecule has 0 saturated carbocycles. The Labute approximate surface area is 103 Å². The van der Waals surface area contributed by atoms with Crippen molar-refractivity contribution in [1.29, 1.82) is 0 Å². The van der Waals surface area contributed by atoms with Gasteiger partial charge in [0.1, 0.15) is 5.82 Å². The number of halogens is 2. The summed E-state index contributed by atoms with van der Waals surface area (Å²) in [6, 6.07) is 2.03. The number of aryl methyl sites for hydroxylation is 1. The minimum absolute atomic E-state index is 0. The van der Waals surface area contributed by atoms with Crippen molar-refractivity contribution in [3.63, 3.8) is 0 Å². The Morgan fingerprint density at radius 1 is 1.40 bits per heavy atom. The maximum Gasteiger partial charge on any atom is 0.125 e. The number of hydrogen-bond acceptors (Lipinski definition) is 3. The van der Waals surface area contributed by atoms with Crippen LogP contribution in [0.25, 0.3) is 0 Å². The highest BCUT2D eigenvalue weighted by Crippen LogP contribution is 2.20. The van der Waals surface area contributed by atoms with Crippen LogP contribution in [0.3, 0.4) is 0 Å². The second kappa shape index (κ2) is 6.99. The SMILES string of the molecule is Cc1nccc(C2CCCNC2)n1.Cl.Cl. The van der Waals surface area contributed by atoms with E-state index in [1.165, 1.54) is 18.5 Å². The monoisotopic (exact) mass is 249 g/mol. The van der Waals surface area contributed by atoms with Gasteiger partial charge in [0, 0.05) is 24.4 Å². The topological polar surface area (TPSA) is 37.8 Å². The Balaban J connectivity index is 0.000000980. The molecule has 0 amide bonds. The van der Waals surface area contributed by atoms with Crippen LogP contribution in [-0.4, -0.2) is 23.1 Å². The maximum atomic E-state index is 4.45. The molecule has 1 aliphatic rings. The van der Waals surface area contributed by atoms with Gasteiger partial charge in [-0.2, -0.15) is 0 Å². The van der Waals surface area contributed by atoms with E-state index in [0.717, 1.165) is 18.9 Å². The molecule has 0 spiro atoms. The summed E-state index contributed by atoms with van der Waals surface area (Å²) in [4.78, 5) is 8.55. The molecule has 2 heterocycles. The minimum atomic E-state index is 0. The van der Waals surface area contributed by atoms with E-state index in [4.69, 9.17) is 0 Å². The predicted molar refractivity (Wildman–Crippen MR) is 66.1 cm³/mol. The highest BCUT2D eigenvalue weighted by molar-refractivity contribution is 5.85. The van der Waals surface area contributed by atoms with Gasteiger partial charge >= 0.3 is 0 Å². The average Bonchev–Trinajstić information content (AvgIpc) is 2.19. The van der Waals surface area contributed by atoms with Gasteiger partial charge in [0.05, 0.1) is 0 Å². The summed E-state index contributed by atoms with van der Waals surface area (Å²) >= 11 is 0. The Kier molecular flexibility index (Phi) is 6.81. The average molecular weight is 250 g/mol. The lowest BCUT2D eigenvalue weighted by Gasteiger charge is -2.22. The van der Waals surface area contributed by atoms with Gasteiger partial charge in [0.2, 0.25) is 0 Å². The smallest absolute Gasteiger partial charge is 0.125 e. The molecule has 86 valence electrons. The molecule has 15 heavy (non-hydrogen) atoms. The van der Waals surface area contributed by atoms with Crippen LogP contribution in [0.1, 0.15) is 30.3 Å². The largest absolute Gasteiger partial charge is 0.316 e. The third-order valence-corrected chi connectivity index (χ3v) is 2.51. The molecule has 0 aliphatic carbocycles. The maximum absolute atomic E-state index is 4.45. The van der Waals surface area contributed by atoms with Crippen molar-refractivity contribution < 1.29 is 0 Å². The molecule has 0 bridgehead atoms. The van der Waals surface area contributed by atoms with Gasteiger partial charge in [-0.25, -0.2) is 9.97 Å². The molecule has 0 aromatic carbocycles. The van der Waals surface area contributed by atoms with Gasteiger partial charge in [-0.1, -0.05) is 0 Å². The molecular formula is C10H17Cl2N3. The van der Waals surface area contributed by atoms with Crippen molar-refractivity contribution in [1.82, 2.24) is 15.3 Å². The number of nitrogens with one attached hydrogen (secondary N) is 1.